The summed E-state index contributed by atoms with van der Waals surface area (Å²) in [6, 6.07) is 8.23. The summed E-state index contributed by atoms with van der Waals surface area (Å²) in [5, 5.41) is 12.4. The Bertz CT molecular complexity index is 894. The number of aromatic nitrogens is 2. The Morgan fingerprint density at radius 2 is 2.30 bits per heavy atom. The lowest BCUT2D eigenvalue weighted by atomic mass is 9.80. The van der Waals surface area contributed by atoms with E-state index in [9.17, 15) is 9.18 Å². The number of fused-ring (bicyclic) bond motifs is 1. The second kappa shape index (κ2) is 6.95. The molecule has 27 heavy (non-hydrogen) atoms. The molecule has 4 rings (SSSR count). The zero-order valence-electron chi connectivity index (χ0n) is 14.9. The number of hydrogen-bond acceptors (Lipinski definition) is 5. The van der Waals surface area contributed by atoms with Crippen LogP contribution in [0.5, 0.6) is 0 Å². The highest BCUT2D eigenvalue weighted by Crippen LogP contribution is 2.48. The van der Waals surface area contributed by atoms with Gasteiger partial charge in [0, 0.05) is 31.2 Å². The van der Waals surface area contributed by atoms with Crippen molar-refractivity contribution in [3.8, 4) is 6.07 Å². The van der Waals surface area contributed by atoms with E-state index in [1.165, 1.54) is 12.1 Å². The number of carbonyl (C=O) groups excluding carboxylic acids is 1. The van der Waals surface area contributed by atoms with Crippen molar-refractivity contribution in [2.45, 2.75) is 19.3 Å². The minimum absolute atomic E-state index is 0.0000182. The third kappa shape index (κ3) is 3.35. The zero-order chi connectivity index (χ0) is 18.9. The van der Waals surface area contributed by atoms with Crippen LogP contribution in [0.3, 0.4) is 0 Å². The molecule has 1 amide bonds. The monoisotopic (exact) mass is 365 g/mol. The maximum atomic E-state index is 13.1. The van der Waals surface area contributed by atoms with Crippen LogP contribution in [0, 0.1) is 28.5 Å². The molecule has 1 aliphatic heterocycles. The van der Waals surface area contributed by atoms with Crippen LogP contribution in [0.25, 0.3) is 0 Å². The van der Waals surface area contributed by atoms with Crippen molar-refractivity contribution >= 4 is 11.7 Å². The van der Waals surface area contributed by atoms with Crippen molar-refractivity contribution in [3.63, 3.8) is 0 Å². The number of nitrogens with one attached hydrogen (secondary N) is 1. The number of likely N-dealkylation sites (tertiary alicyclic amines) is 1. The highest BCUT2D eigenvalue weighted by molar-refractivity contribution is 5.92. The lowest BCUT2D eigenvalue weighted by molar-refractivity contribution is 0.0765. The van der Waals surface area contributed by atoms with Gasteiger partial charge in [0.15, 0.2) is 0 Å². The van der Waals surface area contributed by atoms with Crippen molar-refractivity contribution in [2.75, 3.05) is 25.0 Å². The summed E-state index contributed by atoms with van der Waals surface area (Å²) in [4.78, 5) is 22.8. The summed E-state index contributed by atoms with van der Waals surface area (Å²) in [5.74, 6) is 0.513. The van der Waals surface area contributed by atoms with Crippen molar-refractivity contribution in [1.29, 1.82) is 5.26 Å². The van der Waals surface area contributed by atoms with E-state index in [1.54, 1.807) is 18.3 Å². The minimum atomic E-state index is -0.447. The SMILES string of the molecule is N#Cc1ccnc(NC[C@]23CCC[C@H]2CN(C(=O)c2ccc(F)cn2)C3)c1. The van der Waals surface area contributed by atoms with E-state index in [0.29, 0.717) is 36.9 Å². The first-order chi connectivity index (χ1) is 13.1. The standard InChI is InChI=1S/C20H20FN5O/c21-16-3-4-17(24-10-16)19(27)26-11-15-2-1-6-20(15,13-26)12-25-18-8-14(9-22)5-7-23-18/h3-5,7-8,10,15H,1-2,6,11-13H2,(H,23,25)/t15-,20-/m0/s1. The molecule has 0 radical (unpaired) electrons. The van der Waals surface area contributed by atoms with Gasteiger partial charge in [-0.05, 0) is 43.0 Å². The molecule has 0 bridgehead atoms. The van der Waals surface area contributed by atoms with Gasteiger partial charge in [0.05, 0.1) is 17.8 Å². The van der Waals surface area contributed by atoms with Crippen LogP contribution >= 0.6 is 0 Å². The fourth-order valence-corrected chi connectivity index (χ4v) is 4.39. The summed E-state index contributed by atoms with van der Waals surface area (Å²) in [5.41, 5.74) is 0.849. The summed E-state index contributed by atoms with van der Waals surface area (Å²) in [6.07, 6.45) is 5.98. The fraction of sp³-hybridized carbons (Fsp3) is 0.400. The van der Waals surface area contributed by atoms with Crippen molar-refractivity contribution < 1.29 is 9.18 Å². The lowest BCUT2D eigenvalue weighted by Gasteiger charge is -2.29. The zero-order valence-corrected chi connectivity index (χ0v) is 14.9. The van der Waals surface area contributed by atoms with Crippen LogP contribution in [0.2, 0.25) is 0 Å². The molecule has 0 spiro atoms. The van der Waals surface area contributed by atoms with Gasteiger partial charge in [-0.25, -0.2) is 14.4 Å². The van der Waals surface area contributed by atoms with Crippen molar-refractivity contribution in [2.24, 2.45) is 11.3 Å². The topological polar surface area (TPSA) is 81.9 Å². The Morgan fingerprint density at radius 3 is 3.07 bits per heavy atom. The molecule has 2 atom stereocenters. The molecule has 2 aromatic rings. The summed E-state index contributed by atoms with van der Waals surface area (Å²) in [6.45, 7) is 2.06. The largest absolute Gasteiger partial charge is 0.369 e. The number of nitrogens with zero attached hydrogens (tertiary/aromatic N) is 4. The van der Waals surface area contributed by atoms with Crippen LogP contribution < -0.4 is 5.32 Å². The van der Waals surface area contributed by atoms with E-state index in [1.807, 2.05) is 4.90 Å². The van der Waals surface area contributed by atoms with Gasteiger partial charge in [0.1, 0.15) is 17.3 Å². The summed E-state index contributed by atoms with van der Waals surface area (Å²) >= 11 is 0. The normalized spacial score (nSPS) is 23.7. The first-order valence-corrected chi connectivity index (χ1v) is 9.10. The van der Waals surface area contributed by atoms with Crippen LogP contribution in [0.1, 0.15) is 35.3 Å². The summed E-state index contributed by atoms with van der Waals surface area (Å²) in [7, 11) is 0. The molecule has 0 unspecified atom stereocenters. The molecule has 3 heterocycles. The van der Waals surface area contributed by atoms with E-state index < -0.39 is 5.82 Å². The fourth-order valence-electron chi connectivity index (χ4n) is 4.39. The Morgan fingerprint density at radius 1 is 1.41 bits per heavy atom. The third-order valence-corrected chi connectivity index (χ3v) is 5.78. The molecule has 1 N–H and O–H groups in total. The van der Waals surface area contributed by atoms with E-state index in [0.717, 1.165) is 25.5 Å². The predicted molar refractivity (Wildman–Crippen MR) is 97.3 cm³/mol. The molecular weight excluding hydrogens is 345 g/mol. The van der Waals surface area contributed by atoms with Gasteiger partial charge in [-0.15, -0.1) is 0 Å². The van der Waals surface area contributed by atoms with Crippen molar-refractivity contribution in [1.82, 2.24) is 14.9 Å². The molecule has 2 fully saturated rings. The number of amides is 1. The van der Waals surface area contributed by atoms with Gasteiger partial charge in [-0.1, -0.05) is 6.42 Å². The highest BCUT2D eigenvalue weighted by atomic mass is 19.1. The first-order valence-electron chi connectivity index (χ1n) is 9.10. The van der Waals surface area contributed by atoms with Gasteiger partial charge in [-0.3, -0.25) is 4.79 Å². The summed E-state index contributed by atoms with van der Waals surface area (Å²) < 4.78 is 13.1. The van der Waals surface area contributed by atoms with Gasteiger partial charge in [0.2, 0.25) is 0 Å². The predicted octanol–water partition coefficient (Wildman–Crippen LogP) is 2.84. The van der Waals surface area contributed by atoms with E-state index in [4.69, 9.17) is 5.26 Å². The van der Waals surface area contributed by atoms with Crippen LogP contribution in [0.15, 0.2) is 36.7 Å². The molecule has 0 aromatic carbocycles. The second-order valence-corrected chi connectivity index (χ2v) is 7.39. The molecule has 7 heteroatoms. The average molecular weight is 365 g/mol. The van der Waals surface area contributed by atoms with E-state index >= 15 is 0 Å². The lowest BCUT2D eigenvalue weighted by Crippen LogP contribution is -2.36. The van der Waals surface area contributed by atoms with E-state index in [2.05, 4.69) is 21.4 Å². The smallest absolute Gasteiger partial charge is 0.272 e. The minimum Gasteiger partial charge on any atom is -0.369 e. The van der Waals surface area contributed by atoms with Gasteiger partial charge in [-0.2, -0.15) is 5.26 Å². The van der Waals surface area contributed by atoms with Gasteiger partial charge >= 0.3 is 0 Å². The molecular formula is C20H20FN5O. The van der Waals surface area contributed by atoms with Crippen LogP contribution in [-0.2, 0) is 0 Å². The molecule has 1 aliphatic carbocycles. The number of hydrogen-bond donors (Lipinski definition) is 1. The Labute approximate surface area is 157 Å². The number of rotatable bonds is 4. The molecule has 1 saturated carbocycles. The highest BCUT2D eigenvalue weighted by Gasteiger charge is 2.50. The van der Waals surface area contributed by atoms with Crippen molar-refractivity contribution in [3.05, 3.63) is 53.7 Å². The molecule has 138 valence electrons. The maximum absolute atomic E-state index is 13.1. The first kappa shape index (κ1) is 17.4. The van der Waals surface area contributed by atoms with Crippen LogP contribution in [0.4, 0.5) is 10.2 Å². The molecule has 2 aromatic heterocycles. The van der Waals surface area contributed by atoms with Gasteiger partial charge < -0.3 is 10.2 Å². The average Bonchev–Trinajstić information content (AvgIpc) is 3.24. The number of anilines is 1. The Balaban J connectivity index is 1.47. The van der Waals surface area contributed by atoms with Crippen LogP contribution in [-0.4, -0.2) is 40.4 Å². The van der Waals surface area contributed by atoms with Gasteiger partial charge in [0.25, 0.3) is 5.91 Å². The number of halogens is 1. The second-order valence-electron chi connectivity index (χ2n) is 7.39. The van der Waals surface area contributed by atoms with E-state index in [-0.39, 0.29) is 17.0 Å². The number of pyridine rings is 2. The molecule has 6 nitrogen and oxygen atoms in total. The quantitative estimate of drug-likeness (QED) is 0.901. The molecule has 2 aliphatic rings. The third-order valence-electron chi connectivity index (χ3n) is 5.78. The maximum Gasteiger partial charge on any atom is 0.272 e. The Kier molecular flexibility index (Phi) is 4.48. The number of nitriles is 1. The number of carbonyl (C=O) groups is 1. The Hall–Kier alpha value is -3.01. The molecule has 1 saturated heterocycles.